The SMILES string of the molecule is COc1cc2ncn(CC(=O)N3CCC(O)(c4ccc(Cl)cc4)CC3)c(=O)c2cc1OC. The van der Waals surface area contributed by atoms with Gasteiger partial charge in [0.15, 0.2) is 11.5 Å². The van der Waals surface area contributed by atoms with E-state index in [0.29, 0.717) is 53.4 Å². The molecule has 0 bridgehead atoms. The molecule has 9 heteroatoms. The van der Waals surface area contributed by atoms with Crippen molar-refractivity contribution in [3.63, 3.8) is 0 Å². The van der Waals surface area contributed by atoms with Gasteiger partial charge in [-0.25, -0.2) is 4.98 Å². The van der Waals surface area contributed by atoms with Crippen LogP contribution < -0.4 is 15.0 Å². The van der Waals surface area contributed by atoms with E-state index in [4.69, 9.17) is 21.1 Å². The Bertz CT molecular complexity index is 1200. The number of nitrogens with zero attached hydrogens (tertiary/aromatic N) is 3. The molecule has 0 spiro atoms. The number of rotatable bonds is 5. The Balaban J connectivity index is 1.49. The summed E-state index contributed by atoms with van der Waals surface area (Å²) in [7, 11) is 3.00. The van der Waals surface area contributed by atoms with Crippen molar-refractivity contribution in [1.82, 2.24) is 14.5 Å². The monoisotopic (exact) mass is 457 g/mol. The third-order valence-electron chi connectivity index (χ3n) is 5.96. The molecule has 2 aromatic carbocycles. The molecule has 0 aliphatic carbocycles. The molecule has 1 aliphatic rings. The fraction of sp³-hybridized carbons (Fsp3) is 0.348. The summed E-state index contributed by atoms with van der Waals surface area (Å²) in [5.74, 6) is 0.689. The maximum atomic E-state index is 12.9. The van der Waals surface area contributed by atoms with E-state index in [1.165, 1.54) is 25.1 Å². The van der Waals surface area contributed by atoms with Crippen molar-refractivity contribution in [1.29, 1.82) is 0 Å². The average Bonchev–Trinajstić information content (AvgIpc) is 2.81. The molecule has 2 heterocycles. The highest BCUT2D eigenvalue weighted by molar-refractivity contribution is 6.30. The molecule has 3 aromatic rings. The maximum absolute atomic E-state index is 12.9. The second kappa shape index (κ2) is 8.80. The predicted molar refractivity (Wildman–Crippen MR) is 120 cm³/mol. The molecule has 0 unspecified atom stereocenters. The minimum Gasteiger partial charge on any atom is -0.493 e. The molecule has 8 nitrogen and oxygen atoms in total. The number of carbonyl (C=O) groups excluding carboxylic acids is 1. The van der Waals surface area contributed by atoms with E-state index in [9.17, 15) is 14.7 Å². The zero-order valence-electron chi connectivity index (χ0n) is 17.9. The molecule has 1 saturated heterocycles. The molecule has 1 aromatic heterocycles. The summed E-state index contributed by atoms with van der Waals surface area (Å²) in [5, 5.41) is 12.0. The number of amides is 1. The van der Waals surface area contributed by atoms with Crippen LogP contribution in [0, 0.1) is 0 Å². The number of benzene rings is 2. The summed E-state index contributed by atoms with van der Waals surface area (Å²) >= 11 is 5.94. The van der Waals surface area contributed by atoms with Crippen LogP contribution in [0.15, 0.2) is 47.5 Å². The van der Waals surface area contributed by atoms with Gasteiger partial charge < -0.3 is 19.5 Å². The van der Waals surface area contributed by atoms with Crippen LogP contribution in [0.4, 0.5) is 0 Å². The third-order valence-corrected chi connectivity index (χ3v) is 6.21. The Morgan fingerprint density at radius 1 is 1.12 bits per heavy atom. The van der Waals surface area contributed by atoms with E-state index in [2.05, 4.69) is 4.98 Å². The van der Waals surface area contributed by atoms with Crippen molar-refractivity contribution in [2.24, 2.45) is 0 Å². The highest BCUT2D eigenvalue weighted by atomic mass is 35.5. The number of hydrogen-bond acceptors (Lipinski definition) is 6. The van der Waals surface area contributed by atoms with E-state index < -0.39 is 5.60 Å². The van der Waals surface area contributed by atoms with Gasteiger partial charge in [0.25, 0.3) is 5.56 Å². The van der Waals surface area contributed by atoms with Gasteiger partial charge in [-0.3, -0.25) is 14.2 Å². The quantitative estimate of drug-likeness (QED) is 0.633. The number of aliphatic hydroxyl groups is 1. The van der Waals surface area contributed by atoms with Crippen LogP contribution in [0.25, 0.3) is 10.9 Å². The minimum absolute atomic E-state index is 0.129. The van der Waals surface area contributed by atoms with Gasteiger partial charge in [0.1, 0.15) is 6.54 Å². The molecule has 4 rings (SSSR count). The first-order valence-electron chi connectivity index (χ1n) is 10.2. The average molecular weight is 458 g/mol. The maximum Gasteiger partial charge on any atom is 0.261 e. The van der Waals surface area contributed by atoms with Crippen molar-refractivity contribution in [3.05, 3.63) is 63.7 Å². The molecule has 32 heavy (non-hydrogen) atoms. The van der Waals surface area contributed by atoms with Gasteiger partial charge >= 0.3 is 0 Å². The van der Waals surface area contributed by atoms with Crippen LogP contribution in [0.1, 0.15) is 18.4 Å². The molecule has 1 fully saturated rings. The number of piperidine rings is 1. The Labute approximate surface area is 190 Å². The Hall–Kier alpha value is -3.10. The van der Waals surface area contributed by atoms with Crippen LogP contribution in [0.3, 0.4) is 0 Å². The zero-order chi connectivity index (χ0) is 22.9. The summed E-state index contributed by atoms with van der Waals surface area (Å²) in [6.45, 7) is 0.646. The molecular formula is C23H24ClN3O5. The lowest BCUT2D eigenvalue weighted by atomic mass is 9.84. The summed E-state index contributed by atoms with van der Waals surface area (Å²) in [6, 6.07) is 10.3. The number of methoxy groups -OCH3 is 2. The fourth-order valence-corrected chi connectivity index (χ4v) is 4.14. The number of fused-ring (bicyclic) bond motifs is 1. The largest absolute Gasteiger partial charge is 0.493 e. The van der Waals surface area contributed by atoms with Crippen LogP contribution in [0.2, 0.25) is 5.02 Å². The molecule has 168 valence electrons. The van der Waals surface area contributed by atoms with Gasteiger partial charge in [0.05, 0.1) is 37.1 Å². The van der Waals surface area contributed by atoms with Gasteiger partial charge in [-0.2, -0.15) is 0 Å². The Kier molecular flexibility index (Phi) is 6.08. The van der Waals surface area contributed by atoms with Crippen molar-refractivity contribution in [2.75, 3.05) is 27.3 Å². The fourth-order valence-electron chi connectivity index (χ4n) is 4.02. The molecule has 0 radical (unpaired) electrons. The van der Waals surface area contributed by atoms with Crippen molar-refractivity contribution < 1.29 is 19.4 Å². The topological polar surface area (TPSA) is 93.9 Å². The number of halogens is 1. The summed E-state index contributed by atoms with van der Waals surface area (Å²) < 4.78 is 11.8. The van der Waals surface area contributed by atoms with Crippen molar-refractivity contribution in [3.8, 4) is 11.5 Å². The number of ether oxygens (including phenoxy) is 2. The number of carbonyl (C=O) groups is 1. The molecule has 1 aliphatic heterocycles. The van der Waals surface area contributed by atoms with E-state index in [0.717, 1.165) is 5.56 Å². The van der Waals surface area contributed by atoms with Gasteiger partial charge in [-0.15, -0.1) is 0 Å². The van der Waals surface area contributed by atoms with E-state index in [1.54, 1.807) is 29.2 Å². The first-order valence-corrected chi connectivity index (χ1v) is 10.6. The van der Waals surface area contributed by atoms with Crippen LogP contribution >= 0.6 is 11.6 Å². The minimum atomic E-state index is -1.00. The number of likely N-dealkylation sites (tertiary alicyclic amines) is 1. The van der Waals surface area contributed by atoms with Crippen LogP contribution in [-0.2, 0) is 16.9 Å². The molecule has 0 saturated carbocycles. The Morgan fingerprint density at radius 2 is 1.75 bits per heavy atom. The second-order valence-corrected chi connectivity index (χ2v) is 8.26. The zero-order valence-corrected chi connectivity index (χ0v) is 18.6. The van der Waals surface area contributed by atoms with E-state index in [1.807, 2.05) is 12.1 Å². The van der Waals surface area contributed by atoms with Crippen LogP contribution in [0.5, 0.6) is 11.5 Å². The molecular weight excluding hydrogens is 434 g/mol. The molecule has 1 amide bonds. The van der Waals surface area contributed by atoms with Gasteiger partial charge in [-0.05, 0) is 36.6 Å². The standard InChI is InChI=1S/C23H24ClN3O5/c1-31-19-11-17-18(12-20(19)32-2)25-14-27(22(17)29)13-21(28)26-9-7-23(30,8-10-26)15-3-5-16(24)6-4-15/h3-6,11-12,14,30H,7-10,13H2,1-2H3. The van der Waals surface area contributed by atoms with E-state index >= 15 is 0 Å². The number of aromatic nitrogens is 2. The normalized spacial score (nSPS) is 15.6. The highest BCUT2D eigenvalue weighted by Crippen LogP contribution is 2.33. The lowest BCUT2D eigenvalue weighted by Gasteiger charge is -2.38. The van der Waals surface area contributed by atoms with Gasteiger partial charge in [0, 0.05) is 24.2 Å². The van der Waals surface area contributed by atoms with Gasteiger partial charge in [-0.1, -0.05) is 23.7 Å². The van der Waals surface area contributed by atoms with Crippen LogP contribution in [-0.4, -0.2) is 52.8 Å². The van der Waals surface area contributed by atoms with Crippen molar-refractivity contribution in [2.45, 2.75) is 25.0 Å². The van der Waals surface area contributed by atoms with E-state index in [-0.39, 0.29) is 18.0 Å². The predicted octanol–water partition coefficient (Wildman–Crippen LogP) is 2.58. The lowest BCUT2D eigenvalue weighted by Crippen LogP contribution is -2.46. The number of hydrogen-bond donors (Lipinski definition) is 1. The molecule has 1 N–H and O–H groups in total. The summed E-state index contributed by atoms with van der Waals surface area (Å²) in [5.41, 5.74) is -0.0899. The Morgan fingerprint density at radius 3 is 2.38 bits per heavy atom. The third kappa shape index (κ3) is 4.16. The first-order chi connectivity index (χ1) is 15.3. The van der Waals surface area contributed by atoms with Crippen molar-refractivity contribution >= 4 is 28.4 Å². The first kappa shape index (κ1) is 22.1. The highest BCUT2D eigenvalue weighted by Gasteiger charge is 2.35. The lowest BCUT2D eigenvalue weighted by molar-refractivity contribution is -0.136. The van der Waals surface area contributed by atoms with Gasteiger partial charge in [0.2, 0.25) is 5.91 Å². The summed E-state index contributed by atoms with van der Waals surface area (Å²) in [6.07, 6.45) is 2.17. The second-order valence-electron chi connectivity index (χ2n) is 7.82. The summed E-state index contributed by atoms with van der Waals surface area (Å²) in [4.78, 5) is 31.8. The molecule has 0 atom stereocenters. The smallest absolute Gasteiger partial charge is 0.261 e.